The smallest absolute Gasteiger partial charge is 0.412 e. The molecule has 4 nitrogen and oxygen atoms in total. The molecule has 0 fully saturated rings. The van der Waals surface area contributed by atoms with E-state index in [4.69, 9.17) is 0 Å². The molecule has 0 atom stereocenters. The van der Waals surface area contributed by atoms with Gasteiger partial charge < -0.3 is 11.0 Å². The Kier molecular flexibility index (Phi) is 10.6. The highest BCUT2D eigenvalue weighted by atomic mass is 19.4. The first-order chi connectivity index (χ1) is 8.31. The van der Waals surface area contributed by atoms with Crippen LogP contribution in [0.1, 0.15) is 0 Å². The number of halogens is 12. The SMILES string of the molecule is O.O.O=C(C(F)(F)F)C(F)(F)F.O=C(C(F)(F)F)C(F)(F)F. The Bertz CT molecular complexity index is 290. The molecule has 0 saturated carbocycles. The Morgan fingerprint density at radius 2 is 0.500 bits per heavy atom. The molecular weight excluding hydrogens is 364 g/mol. The molecule has 0 heterocycles. The second kappa shape index (κ2) is 8.16. The van der Waals surface area contributed by atoms with Crippen molar-refractivity contribution in [1.82, 2.24) is 0 Å². The first kappa shape index (κ1) is 28.6. The molecule has 0 saturated heterocycles. The Morgan fingerprint density at radius 3 is 0.500 bits per heavy atom. The van der Waals surface area contributed by atoms with Gasteiger partial charge in [0.25, 0.3) is 0 Å². The Labute approximate surface area is 111 Å². The van der Waals surface area contributed by atoms with Crippen molar-refractivity contribution in [2.45, 2.75) is 24.7 Å². The molecule has 0 amide bonds. The molecule has 0 aliphatic carbocycles. The van der Waals surface area contributed by atoms with E-state index in [2.05, 4.69) is 0 Å². The van der Waals surface area contributed by atoms with Crippen LogP contribution in [0.2, 0.25) is 0 Å². The van der Waals surface area contributed by atoms with Crippen LogP contribution in [0.3, 0.4) is 0 Å². The first-order valence-electron chi connectivity index (χ1n) is 3.68. The van der Waals surface area contributed by atoms with Gasteiger partial charge in [-0.2, -0.15) is 52.7 Å². The third-order valence-electron chi connectivity index (χ3n) is 1.03. The Morgan fingerprint density at radius 1 is 0.409 bits per heavy atom. The van der Waals surface area contributed by atoms with Crippen LogP contribution in [0.15, 0.2) is 0 Å². The quantitative estimate of drug-likeness (QED) is 0.609. The molecule has 4 N–H and O–H groups in total. The summed E-state index contributed by atoms with van der Waals surface area (Å²) in [5.41, 5.74) is 0. The van der Waals surface area contributed by atoms with Crippen molar-refractivity contribution < 1.29 is 73.2 Å². The van der Waals surface area contributed by atoms with Crippen LogP contribution in [0.5, 0.6) is 0 Å². The van der Waals surface area contributed by atoms with Crippen LogP contribution in [-0.4, -0.2) is 47.2 Å². The summed E-state index contributed by atoms with van der Waals surface area (Å²) in [7, 11) is 0. The molecule has 0 rings (SSSR count). The van der Waals surface area contributed by atoms with E-state index in [1.807, 2.05) is 0 Å². The lowest BCUT2D eigenvalue weighted by molar-refractivity contribution is -0.217. The summed E-state index contributed by atoms with van der Waals surface area (Å²) in [6.07, 6.45) is -23.3. The first-order valence-corrected chi connectivity index (χ1v) is 3.68. The fourth-order valence-electron chi connectivity index (χ4n) is 0.321. The standard InChI is InChI=1S/2C3F6O.2H2O/c2*4-2(5,6)1(10)3(7,8)9;;/h;;2*1H2. The Balaban J connectivity index is -0.000000135. The maximum atomic E-state index is 10.9. The largest absolute Gasteiger partial charge is 0.459 e. The molecule has 136 valence electrons. The molecule has 0 spiro atoms. The van der Waals surface area contributed by atoms with Crippen LogP contribution >= 0.6 is 0 Å². The van der Waals surface area contributed by atoms with E-state index in [0.717, 1.165) is 0 Å². The van der Waals surface area contributed by atoms with Crippen molar-refractivity contribution in [2.75, 3.05) is 0 Å². The second-order valence-corrected chi connectivity index (χ2v) is 2.65. The van der Waals surface area contributed by atoms with E-state index in [1.54, 1.807) is 0 Å². The lowest BCUT2D eigenvalue weighted by atomic mass is 10.4. The number of hydrogen-bond acceptors (Lipinski definition) is 2. The number of ketones is 2. The lowest BCUT2D eigenvalue weighted by Gasteiger charge is -2.06. The van der Waals surface area contributed by atoms with E-state index >= 15 is 0 Å². The van der Waals surface area contributed by atoms with Gasteiger partial charge in [0.05, 0.1) is 0 Å². The summed E-state index contributed by atoms with van der Waals surface area (Å²) in [6, 6.07) is 0. The third kappa shape index (κ3) is 11.1. The second-order valence-electron chi connectivity index (χ2n) is 2.65. The number of Topliss-reactive ketones (excluding diaryl/α,β-unsaturated/α-hetero) is 2. The predicted molar refractivity (Wildman–Crippen MR) is 41.5 cm³/mol. The number of alkyl halides is 12. The Hall–Kier alpha value is -1.58. The molecule has 0 aliphatic heterocycles. The van der Waals surface area contributed by atoms with E-state index in [9.17, 15) is 62.3 Å². The van der Waals surface area contributed by atoms with E-state index in [-0.39, 0.29) is 11.0 Å². The molecule has 0 radical (unpaired) electrons. The number of carbonyl (C=O) groups is 2. The van der Waals surface area contributed by atoms with Crippen molar-refractivity contribution in [3.63, 3.8) is 0 Å². The van der Waals surface area contributed by atoms with Gasteiger partial charge in [0.2, 0.25) is 0 Å². The lowest BCUT2D eigenvalue weighted by Crippen LogP contribution is -2.36. The van der Waals surface area contributed by atoms with Gasteiger partial charge in [-0.05, 0) is 0 Å². The highest BCUT2D eigenvalue weighted by Gasteiger charge is 2.56. The maximum Gasteiger partial charge on any atom is 0.459 e. The van der Waals surface area contributed by atoms with Gasteiger partial charge in [-0.3, -0.25) is 9.59 Å². The van der Waals surface area contributed by atoms with Crippen molar-refractivity contribution in [1.29, 1.82) is 0 Å². The van der Waals surface area contributed by atoms with E-state index in [1.165, 1.54) is 0 Å². The summed E-state index contributed by atoms with van der Waals surface area (Å²) in [4.78, 5) is 18.5. The van der Waals surface area contributed by atoms with Crippen molar-refractivity contribution >= 4 is 11.6 Å². The zero-order chi connectivity index (χ0) is 17.2. The fraction of sp³-hybridized carbons (Fsp3) is 0.667. The molecule has 0 bridgehead atoms. The molecule has 0 unspecified atom stereocenters. The molecule has 0 aromatic heterocycles. The van der Waals surface area contributed by atoms with Gasteiger partial charge in [0.1, 0.15) is 0 Å². The maximum absolute atomic E-state index is 10.9. The van der Waals surface area contributed by atoms with Gasteiger partial charge in [0, 0.05) is 0 Å². The summed E-state index contributed by atoms with van der Waals surface area (Å²) < 4.78 is 131. The molecule has 0 aromatic carbocycles. The highest BCUT2D eigenvalue weighted by Crippen LogP contribution is 2.28. The van der Waals surface area contributed by atoms with Crippen LogP contribution in [0, 0.1) is 0 Å². The molecule has 0 aromatic rings. The predicted octanol–water partition coefficient (Wildman–Crippen LogP) is 1.71. The average molecular weight is 368 g/mol. The van der Waals surface area contributed by atoms with Gasteiger partial charge in [-0.25, -0.2) is 0 Å². The van der Waals surface area contributed by atoms with Gasteiger partial charge in [0.15, 0.2) is 0 Å². The van der Waals surface area contributed by atoms with Crippen LogP contribution in [0.4, 0.5) is 52.7 Å². The van der Waals surface area contributed by atoms with Gasteiger partial charge >= 0.3 is 36.3 Å². The number of carbonyl (C=O) groups excluding carboxylic acids is 2. The average Bonchev–Trinajstić information content (AvgIpc) is 2.10. The minimum atomic E-state index is -5.82. The zero-order valence-electron chi connectivity index (χ0n) is 9.35. The zero-order valence-corrected chi connectivity index (χ0v) is 9.35. The topological polar surface area (TPSA) is 97.1 Å². The van der Waals surface area contributed by atoms with Crippen LogP contribution in [0.25, 0.3) is 0 Å². The summed E-state index contributed by atoms with van der Waals surface area (Å²) in [5, 5.41) is 0. The monoisotopic (exact) mass is 368 g/mol. The van der Waals surface area contributed by atoms with E-state index < -0.39 is 36.3 Å². The molecule has 22 heavy (non-hydrogen) atoms. The minimum Gasteiger partial charge on any atom is -0.412 e. The van der Waals surface area contributed by atoms with Crippen molar-refractivity contribution in [3.8, 4) is 0 Å². The molecule has 16 heteroatoms. The van der Waals surface area contributed by atoms with E-state index in [0.29, 0.717) is 0 Å². The summed E-state index contributed by atoms with van der Waals surface area (Å²) in [5.74, 6) is -7.36. The summed E-state index contributed by atoms with van der Waals surface area (Å²) >= 11 is 0. The van der Waals surface area contributed by atoms with Gasteiger partial charge in [-0.1, -0.05) is 0 Å². The fourth-order valence-corrected chi connectivity index (χ4v) is 0.321. The van der Waals surface area contributed by atoms with Crippen LogP contribution in [-0.2, 0) is 9.59 Å². The minimum absolute atomic E-state index is 0. The van der Waals surface area contributed by atoms with Crippen LogP contribution < -0.4 is 0 Å². The number of rotatable bonds is 0. The highest BCUT2D eigenvalue weighted by molar-refractivity contribution is 5.89. The molecular formula is C6H4F12O4. The summed E-state index contributed by atoms with van der Waals surface area (Å²) in [6.45, 7) is 0. The van der Waals surface area contributed by atoms with Crippen molar-refractivity contribution in [3.05, 3.63) is 0 Å². The number of hydrogen-bond donors (Lipinski definition) is 0. The van der Waals surface area contributed by atoms with Gasteiger partial charge in [-0.15, -0.1) is 0 Å². The van der Waals surface area contributed by atoms with Crippen molar-refractivity contribution in [2.24, 2.45) is 0 Å². The molecule has 0 aliphatic rings. The third-order valence-corrected chi connectivity index (χ3v) is 1.03. The normalized spacial score (nSPS) is 12.2.